The molecule has 4 heterocycles. The van der Waals surface area contributed by atoms with Crippen molar-refractivity contribution in [1.29, 1.82) is 0 Å². The number of rotatable bonds is 6. The van der Waals surface area contributed by atoms with Gasteiger partial charge in [-0.15, -0.1) is 10.2 Å². The number of Topliss-reactive ketones (excluding diaryl/α,β-unsaturated/α-hetero) is 1. The summed E-state index contributed by atoms with van der Waals surface area (Å²) in [4.78, 5) is 54.8. The van der Waals surface area contributed by atoms with Gasteiger partial charge in [-0.25, -0.2) is 0 Å². The third kappa shape index (κ3) is 4.69. The summed E-state index contributed by atoms with van der Waals surface area (Å²) in [5, 5.41) is 10.8. The zero-order valence-corrected chi connectivity index (χ0v) is 19.8. The van der Waals surface area contributed by atoms with Crippen molar-refractivity contribution in [2.75, 3.05) is 31.1 Å². The van der Waals surface area contributed by atoms with Crippen LogP contribution in [0.5, 0.6) is 0 Å². The molecule has 0 radical (unpaired) electrons. The average molecular weight is 497 g/mol. The second kappa shape index (κ2) is 9.80. The molecule has 3 aliphatic heterocycles. The van der Waals surface area contributed by atoms with Crippen LogP contribution in [0.1, 0.15) is 35.6 Å². The first-order chi connectivity index (χ1) is 16.9. The van der Waals surface area contributed by atoms with E-state index in [9.17, 15) is 19.2 Å². The maximum atomic E-state index is 12.8. The number of nitrogens with one attached hydrogen (secondary N) is 1. The first-order valence-corrected chi connectivity index (χ1v) is 12.0. The van der Waals surface area contributed by atoms with Crippen molar-refractivity contribution in [3.63, 3.8) is 0 Å². The minimum absolute atomic E-state index is 0.209. The predicted octanol–water partition coefficient (Wildman–Crippen LogP) is 0.882. The summed E-state index contributed by atoms with van der Waals surface area (Å²) >= 11 is 5.84. The van der Waals surface area contributed by atoms with Gasteiger partial charge in [0.1, 0.15) is 6.04 Å². The lowest BCUT2D eigenvalue weighted by atomic mass is 9.94. The summed E-state index contributed by atoms with van der Waals surface area (Å²) in [5.74, 6) is -0.524. The van der Waals surface area contributed by atoms with Gasteiger partial charge in [-0.2, -0.15) is 0 Å². The Balaban J connectivity index is 1.34. The van der Waals surface area contributed by atoms with Crippen LogP contribution in [0.2, 0.25) is 5.15 Å². The highest BCUT2D eigenvalue weighted by Gasteiger charge is 2.44. The second-order valence-corrected chi connectivity index (χ2v) is 9.42. The number of imide groups is 1. The van der Waals surface area contributed by atoms with Gasteiger partial charge in [-0.3, -0.25) is 34.3 Å². The Hall–Kier alpha value is -3.21. The van der Waals surface area contributed by atoms with Gasteiger partial charge in [0, 0.05) is 45.7 Å². The van der Waals surface area contributed by atoms with E-state index in [4.69, 9.17) is 11.6 Å². The quantitative estimate of drug-likeness (QED) is 0.353. The Morgan fingerprint density at radius 3 is 2.60 bits per heavy atom. The number of carbonyl (C=O) groups excluding carboxylic acids is 4. The summed E-state index contributed by atoms with van der Waals surface area (Å²) in [6, 6.07) is 7.99. The predicted molar refractivity (Wildman–Crippen MR) is 127 cm³/mol. The number of amides is 2. The van der Waals surface area contributed by atoms with E-state index in [1.165, 1.54) is 0 Å². The van der Waals surface area contributed by atoms with Crippen molar-refractivity contribution in [1.82, 2.24) is 25.3 Å². The van der Waals surface area contributed by atoms with E-state index < -0.39 is 23.8 Å². The Morgan fingerprint density at radius 2 is 1.91 bits per heavy atom. The van der Waals surface area contributed by atoms with Crippen molar-refractivity contribution < 1.29 is 19.2 Å². The van der Waals surface area contributed by atoms with Crippen molar-refractivity contribution >= 4 is 41.3 Å². The molecule has 0 bridgehead atoms. The van der Waals surface area contributed by atoms with Gasteiger partial charge in [-0.05, 0) is 35.2 Å². The van der Waals surface area contributed by atoms with E-state index in [-0.39, 0.29) is 12.3 Å². The van der Waals surface area contributed by atoms with Gasteiger partial charge in [0.05, 0.1) is 6.04 Å². The molecule has 2 amide bonds. The minimum atomic E-state index is -0.826. The number of piperazine rings is 1. The van der Waals surface area contributed by atoms with Gasteiger partial charge in [0.15, 0.2) is 17.3 Å². The van der Waals surface area contributed by atoms with Gasteiger partial charge < -0.3 is 4.90 Å². The number of nitrogens with zero attached hydrogens (tertiary/aromatic N) is 5. The monoisotopic (exact) mass is 496 g/mol. The lowest BCUT2D eigenvalue weighted by molar-refractivity contribution is -0.141. The number of aldehydes is 1. The number of hydrogen-bond acceptors (Lipinski definition) is 9. The molecule has 2 fully saturated rings. The fraction of sp³-hybridized carbons (Fsp3) is 0.417. The molecule has 2 aromatic rings. The maximum Gasteiger partial charge on any atom is 0.243 e. The third-order valence-electron chi connectivity index (χ3n) is 6.95. The molecular weight excluding hydrogens is 472 g/mol. The molecule has 1 aromatic carbocycles. The molecule has 35 heavy (non-hydrogen) atoms. The molecule has 1 aromatic heterocycles. The van der Waals surface area contributed by atoms with Crippen LogP contribution in [0, 0.1) is 0 Å². The molecule has 11 heteroatoms. The highest BCUT2D eigenvalue weighted by Crippen LogP contribution is 2.39. The number of piperidine rings is 1. The number of aromatic nitrogens is 2. The van der Waals surface area contributed by atoms with Crippen LogP contribution in [0.15, 0.2) is 30.3 Å². The molecule has 2 saturated heterocycles. The van der Waals surface area contributed by atoms with Crippen molar-refractivity contribution in [2.45, 2.75) is 38.0 Å². The zero-order valence-electron chi connectivity index (χ0n) is 19.0. The molecule has 10 nitrogen and oxygen atoms in total. The molecule has 182 valence electrons. The number of fused-ring (bicyclic) bond motifs is 1. The summed E-state index contributed by atoms with van der Waals surface area (Å²) < 4.78 is 0. The van der Waals surface area contributed by atoms with Gasteiger partial charge in [-0.1, -0.05) is 29.8 Å². The molecule has 2 unspecified atom stereocenters. The molecule has 5 rings (SSSR count). The molecular formula is C24H25ClN6O4. The van der Waals surface area contributed by atoms with Crippen LogP contribution in [0.25, 0.3) is 0 Å². The summed E-state index contributed by atoms with van der Waals surface area (Å²) in [5.41, 5.74) is 2.71. The Morgan fingerprint density at radius 1 is 1.11 bits per heavy atom. The number of halogens is 1. The largest absolute Gasteiger partial charge is 0.353 e. The number of carbonyl (C=O) groups is 4. The average Bonchev–Trinajstić information content (AvgIpc) is 3.25. The topological polar surface area (TPSA) is 116 Å². The highest BCUT2D eigenvalue weighted by atomic mass is 35.5. The molecule has 0 spiro atoms. The van der Waals surface area contributed by atoms with Crippen LogP contribution < -0.4 is 10.2 Å². The normalized spacial score (nSPS) is 23.2. The van der Waals surface area contributed by atoms with Crippen LogP contribution >= 0.6 is 11.6 Å². The van der Waals surface area contributed by atoms with E-state index in [2.05, 4.69) is 25.3 Å². The Labute approximate surface area is 207 Å². The van der Waals surface area contributed by atoms with E-state index in [0.717, 1.165) is 48.7 Å². The summed E-state index contributed by atoms with van der Waals surface area (Å²) in [6.45, 7) is 4.11. The number of ketones is 1. The Kier molecular flexibility index (Phi) is 6.59. The summed E-state index contributed by atoms with van der Waals surface area (Å²) in [7, 11) is 0. The standard InChI is InChI=1S/C24H25ClN6O4/c25-19-5-6-20(28-27-19)30-10-8-29(9-11-30)12-15-2-1-3-16-13-31(23(22(15)16)18(33)14-32)17-4-7-21(34)26-24(17)35/h1-3,5-6,14,17,23H,4,7-13H2,(H,26,34,35). The SMILES string of the molecule is O=CC(=O)C1c2c(CN3CCN(c4ccc(Cl)nn4)CC3)cccc2CN1C1CCC(=O)NC1=O. The first-order valence-electron chi connectivity index (χ1n) is 11.6. The van der Waals surface area contributed by atoms with E-state index in [1.807, 2.05) is 24.3 Å². The molecule has 0 aliphatic carbocycles. The smallest absolute Gasteiger partial charge is 0.243 e. The molecule has 2 atom stereocenters. The highest BCUT2D eigenvalue weighted by molar-refractivity contribution is 6.29. The first kappa shape index (κ1) is 23.5. The van der Waals surface area contributed by atoms with Crippen LogP contribution in [-0.2, 0) is 32.3 Å². The van der Waals surface area contributed by atoms with Crippen molar-refractivity contribution in [3.8, 4) is 0 Å². The molecule has 0 saturated carbocycles. The number of benzene rings is 1. The number of hydrogen-bond donors (Lipinski definition) is 1. The zero-order chi connectivity index (χ0) is 24.5. The summed E-state index contributed by atoms with van der Waals surface area (Å²) in [6.07, 6.45) is 0.869. The Bertz CT molecular complexity index is 1170. The molecule has 3 aliphatic rings. The maximum absolute atomic E-state index is 12.8. The van der Waals surface area contributed by atoms with E-state index >= 15 is 0 Å². The van der Waals surface area contributed by atoms with E-state index in [1.54, 1.807) is 11.0 Å². The fourth-order valence-corrected chi connectivity index (χ4v) is 5.36. The van der Waals surface area contributed by atoms with Crippen molar-refractivity contribution in [3.05, 3.63) is 52.2 Å². The minimum Gasteiger partial charge on any atom is -0.353 e. The number of anilines is 1. The van der Waals surface area contributed by atoms with Crippen LogP contribution in [-0.4, -0.2) is 76.1 Å². The second-order valence-electron chi connectivity index (χ2n) is 9.03. The van der Waals surface area contributed by atoms with Crippen molar-refractivity contribution in [2.24, 2.45) is 0 Å². The lowest BCUT2D eigenvalue weighted by Crippen LogP contribution is -2.52. The van der Waals surface area contributed by atoms with Gasteiger partial charge in [0.25, 0.3) is 0 Å². The third-order valence-corrected chi connectivity index (χ3v) is 7.15. The van der Waals surface area contributed by atoms with Crippen LogP contribution in [0.4, 0.5) is 5.82 Å². The van der Waals surface area contributed by atoms with Crippen LogP contribution in [0.3, 0.4) is 0 Å². The lowest BCUT2D eigenvalue weighted by Gasteiger charge is -2.36. The van der Waals surface area contributed by atoms with E-state index in [0.29, 0.717) is 30.9 Å². The molecule has 1 N–H and O–H groups in total. The van der Waals surface area contributed by atoms with Gasteiger partial charge >= 0.3 is 0 Å². The van der Waals surface area contributed by atoms with Gasteiger partial charge in [0.2, 0.25) is 17.6 Å². The fourth-order valence-electron chi connectivity index (χ4n) is 5.26.